The van der Waals surface area contributed by atoms with Crippen LogP contribution >= 0.6 is 11.6 Å². The van der Waals surface area contributed by atoms with Crippen molar-refractivity contribution < 1.29 is 17.6 Å². The fourth-order valence-electron chi connectivity index (χ4n) is 3.03. The van der Waals surface area contributed by atoms with Crippen molar-refractivity contribution in [2.75, 3.05) is 9.62 Å². The van der Waals surface area contributed by atoms with Gasteiger partial charge in [0.05, 0.1) is 15.6 Å². The number of nitrogens with one attached hydrogen (secondary N) is 1. The van der Waals surface area contributed by atoms with Crippen LogP contribution in [0.4, 0.5) is 15.8 Å². The third kappa shape index (κ3) is 3.34. The van der Waals surface area contributed by atoms with Crippen LogP contribution in [-0.2, 0) is 21.2 Å². The summed E-state index contributed by atoms with van der Waals surface area (Å²) >= 11 is 5.68. The van der Waals surface area contributed by atoms with E-state index in [0.717, 1.165) is 17.3 Å². The van der Waals surface area contributed by atoms with E-state index in [0.29, 0.717) is 6.42 Å². The Hall–Kier alpha value is -2.12. The number of rotatable bonds is 3. The summed E-state index contributed by atoms with van der Waals surface area (Å²) in [5.74, 6) is -0.707. The molecule has 2 aromatic rings. The molecule has 0 saturated heterocycles. The van der Waals surface area contributed by atoms with Crippen molar-refractivity contribution in [2.45, 2.75) is 31.2 Å². The standard InChI is InChI=1S/C17H16ClFN2O3S/c1-10-7-12-8-14(4-6-17(12)21(10)11(2)22)25(23,24)20-13-3-5-16(19)15(18)9-13/h3-6,8-10,20H,7H2,1-2H3. The van der Waals surface area contributed by atoms with Crippen molar-refractivity contribution in [2.24, 2.45) is 0 Å². The van der Waals surface area contributed by atoms with Crippen LogP contribution in [0.2, 0.25) is 5.02 Å². The van der Waals surface area contributed by atoms with Gasteiger partial charge in [-0.3, -0.25) is 9.52 Å². The van der Waals surface area contributed by atoms with E-state index in [1.165, 1.54) is 25.1 Å². The fourth-order valence-corrected chi connectivity index (χ4v) is 4.31. The number of nitrogens with zero attached hydrogens (tertiary/aromatic N) is 1. The van der Waals surface area contributed by atoms with Crippen molar-refractivity contribution in [3.05, 3.63) is 52.8 Å². The highest BCUT2D eigenvalue weighted by Gasteiger charge is 2.30. The number of sulfonamides is 1. The van der Waals surface area contributed by atoms with Crippen molar-refractivity contribution in [1.29, 1.82) is 0 Å². The molecule has 132 valence electrons. The van der Waals surface area contributed by atoms with Crippen molar-refractivity contribution >= 4 is 38.9 Å². The largest absolute Gasteiger partial charge is 0.309 e. The average molecular weight is 383 g/mol. The Labute approximate surface area is 150 Å². The Balaban J connectivity index is 1.93. The molecule has 0 saturated carbocycles. The first-order valence-corrected chi connectivity index (χ1v) is 9.46. The van der Waals surface area contributed by atoms with Gasteiger partial charge in [0.1, 0.15) is 5.82 Å². The van der Waals surface area contributed by atoms with Gasteiger partial charge in [0.25, 0.3) is 10.0 Å². The van der Waals surface area contributed by atoms with Gasteiger partial charge in [-0.05, 0) is 55.3 Å². The zero-order valence-corrected chi connectivity index (χ0v) is 15.2. The molecule has 0 aliphatic carbocycles. The first-order chi connectivity index (χ1) is 11.7. The normalized spacial score (nSPS) is 16.6. The van der Waals surface area contributed by atoms with Crippen LogP contribution in [0.1, 0.15) is 19.4 Å². The van der Waals surface area contributed by atoms with Crippen molar-refractivity contribution in [3.63, 3.8) is 0 Å². The van der Waals surface area contributed by atoms with Gasteiger partial charge in [-0.2, -0.15) is 0 Å². The van der Waals surface area contributed by atoms with Crippen LogP contribution in [0.3, 0.4) is 0 Å². The second-order valence-corrected chi connectivity index (χ2v) is 8.06. The minimum Gasteiger partial charge on any atom is -0.309 e. The minimum absolute atomic E-state index is 0.0191. The fraction of sp³-hybridized carbons (Fsp3) is 0.235. The van der Waals surface area contributed by atoms with E-state index >= 15 is 0 Å². The van der Waals surface area contributed by atoms with E-state index in [4.69, 9.17) is 11.6 Å². The Bertz CT molecular complexity index is 962. The number of hydrogen-bond acceptors (Lipinski definition) is 3. The highest BCUT2D eigenvalue weighted by molar-refractivity contribution is 7.92. The first kappa shape index (κ1) is 17.7. The summed E-state index contributed by atoms with van der Waals surface area (Å²) in [7, 11) is -3.85. The highest BCUT2D eigenvalue weighted by Crippen LogP contribution is 2.34. The van der Waals surface area contributed by atoms with E-state index in [1.807, 2.05) is 6.92 Å². The minimum atomic E-state index is -3.85. The number of halogens is 2. The topological polar surface area (TPSA) is 66.5 Å². The molecule has 1 unspecified atom stereocenters. The van der Waals surface area contributed by atoms with E-state index in [-0.39, 0.29) is 27.6 Å². The molecule has 0 aromatic heterocycles. The number of anilines is 2. The van der Waals surface area contributed by atoms with Gasteiger partial charge in [-0.1, -0.05) is 11.6 Å². The Morgan fingerprint density at radius 1 is 1.28 bits per heavy atom. The van der Waals surface area contributed by atoms with Gasteiger partial charge in [0.15, 0.2) is 0 Å². The Kier molecular flexibility index (Phi) is 4.47. The molecule has 2 aromatic carbocycles. The lowest BCUT2D eigenvalue weighted by atomic mass is 10.1. The second kappa shape index (κ2) is 6.31. The average Bonchev–Trinajstić information content (AvgIpc) is 2.85. The van der Waals surface area contributed by atoms with Crippen LogP contribution in [0.25, 0.3) is 0 Å². The van der Waals surface area contributed by atoms with E-state index in [2.05, 4.69) is 4.72 Å². The molecule has 0 bridgehead atoms. The molecule has 1 aliphatic rings. The molecule has 8 heteroatoms. The number of carbonyl (C=O) groups excluding carboxylic acids is 1. The zero-order valence-electron chi connectivity index (χ0n) is 13.6. The predicted molar refractivity (Wildman–Crippen MR) is 95.0 cm³/mol. The van der Waals surface area contributed by atoms with Gasteiger partial charge in [-0.15, -0.1) is 0 Å². The maximum absolute atomic E-state index is 13.2. The predicted octanol–water partition coefficient (Wildman–Crippen LogP) is 3.58. The second-order valence-electron chi connectivity index (χ2n) is 5.97. The first-order valence-electron chi connectivity index (χ1n) is 7.59. The summed E-state index contributed by atoms with van der Waals surface area (Å²) in [6, 6.07) is 8.21. The smallest absolute Gasteiger partial charge is 0.261 e. The van der Waals surface area contributed by atoms with Gasteiger partial charge in [0, 0.05) is 18.7 Å². The molecular formula is C17H16ClFN2O3S. The van der Waals surface area contributed by atoms with Crippen LogP contribution in [0.15, 0.2) is 41.3 Å². The molecule has 0 spiro atoms. The lowest BCUT2D eigenvalue weighted by molar-refractivity contribution is -0.116. The zero-order chi connectivity index (χ0) is 18.4. The summed E-state index contributed by atoms with van der Waals surface area (Å²) < 4.78 is 40.7. The van der Waals surface area contributed by atoms with Gasteiger partial charge in [-0.25, -0.2) is 12.8 Å². The van der Waals surface area contributed by atoms with Crippen LogP contribution in [0, 0.1) is 5.82 Å². The molecule has 1 amide bonds. The van der Waals surface area contributed by atoms with Gasteiger partial charge >= 0.3 is 0 Å². The molecule has 1 atom stereocenters. The number of hydrogen-bond donors (Lipinski definition) is 1. The number of amides is 1. The van der Waals surface area contributed by atoms with E-state index in [1.54, 1.807) is 17.0 Å². The van der Waals surface area contributed by atoms with Crippen LogP contribution < -0.4 is 9.62 Å². The summed E-state index contributed by atoms with van der Waals surface area (Å²) in [5.41, 5.74) is 1.69. The summed E-state index contributed by atoms with van der Waals surface area (Å²) in [6.07, 6.45) is 0.584. The Morgan fingerprint density at radius 2 is 2.00 bits per heavy atom. The molecule has 1 aliphatic heterocycles. The summed E-state index contributed by atoms with van der Waals surface area (Å²) in [5, 5.41) is -0.167. The maximum Gasteiger partial charge on any atom is 0.261 e. The van der Waals surface area contributed by atoms with Gasteiger partial charge < -0.3 is 4.90 Å². The molecule has 0 radical (unpaired) electrons. The Morgan fingerprint density at radius 3 is 2.64 bits per heavy atom. The third-order valence-corrected chi connectivity index (χ3v) is 5.76. The molecule has 0 fully saturated rings. The SMILES string of the molecule is CC(=O)N1c2ccc(S(=O)(=O)Nc3ccc(F)c(Cl)c3)cc2CC1C. The molecular weight excluding hydrogens is 367 g/mol. The number of carbonyl (C=O) groups is 1. The number of fused-ring (bicyclic) bond motifs is 1. The molecule has 3 rings (SSSR count). The molecule has 5 nitrogen and oxygen atoms in total. The highest BCUT2D eigenvalue weighted by atomic mass is 35.5. The maximum atomic E-state index is 13.2. The lowest BCUT2D eigenvalue weighted by Crippen LogP contribution is -2.33. The van der Waals surface area contributed by atoms with E-state index in [9.17, 15) is 17.6 Å². The number of benzene rings is 2. The van der Waals surface area contributed by atoms with E-state index < -0.39 is 15.8 Å². The molecule has 1 N–H and O–H groups in total. The van der Waals surface area contributed by atoms with Crippen LogP contribution in [0.5, 0.6) is 0 Å². The molecule has 1 heterocycles. The van der Waals surface area contributed by atoms with Gasteiger partial charge in [0.2, 0.25) is 5.91 Å². The van der Waals surface area contributed by atoms with Crippen molar-refractivity contribution in [1.82, 2.24) is 0 Å². The third-order valence-electron chi connectivity index (χ3n) is 4.09. The summed E-state index contributed by atoms with van der Waals surface area (Å²) in [6.45, 7) is 3.39. The monoisotopic (exact) mass is 382 g/mol. The molecule has 25 heavy (non-hydrogen) atoms. The summed E-state index contributed by atoms with van der Waals surface area (Å²) in [4.78, 5) is 13.5. The van der Waals surface area contributed by atoms with Crippen molar-refractivity contribution in [3.8, 4) is 0 Å². The quantitative estimate of drug-likeness (QED) is 0.882. The lowest BCUT2D eigenvalue weighted by Gasteiger charge is -2.20. The van der Waals surface area contributed by atoms with Crippen LogP contribution in [-0.4, -0.2) is 20.4 Å².